The monoisotopic (exact) mass is 290 g/mol. The molecule has 1 aromatic carbocycles. The maximum Gasteiger partial charge on any atom is 0.227 e. The van der Waals surface area contributed by atoms with Gasteiger partial charge in [0.15, 0.2) is 0 Å². The van der Waals surface area contributed by atoms with Gasteiger partial charge in [0.25, 0.3) is 0 Å². The minimum Gasteiger partial charge on any atom is -0.389 e. The van der Waals surface area contributed by atoms with Crippen molar-refractivity contribution in [3.05, 3.63) is 35.4 Å². The van der Waals surface area contributed by atoms with E-state index in [1.807, 2.05) is 29.2 Å². The fraction of sp³-hybridized carbons (Fsp3) is 0.467. The second kappa shape index (κ2) is 5.50. The first-order valence-corrected chi connectivity index (χ1v) is 7.34. The van der Waals surface area contributed by atoms with Crippen LogP contribution in [0, 0.1) is 0 Å². The van der Waals surface area contributed by atoms with Crippen LogP contribution in [0.4, 0.5) is 0 Å². The van der Waals surface area contributed by atoms with Gasteiger partial charge in [-0.15, -0.1) is 0 Å². The van der Waals surface area contributed by atoms with Gasteiger partial charge in [-0.1, -0.05) is 36.5 Å². The van der Waals surface area contributed by atoms with E-state index in [1.165, 1.54) is 0 Å². The average molecular weight is 290 g/mol. The standard InChI is InChI=1S/C15H18N2O2S/c16-15(20)11-3-1-10(2-4-11)7-14(18)17-8-12-5-6-13(9-17)19-12/h1-4,12-13H,5-9H2,(H2,16,20). The summed E-state index contributed by atoms with van der Waals surface area (Å²) in [7, 11) is 0. The van der Waals surface area contributed by atoms with Crippen molar-refractivity contribution in [1.82, 2.24) is 4.90 Å². The molecule has 106 valence electrons. The summed E-state index contributed by atoms with van der Waals surface area (Å²) in [5.74, 6) is 0.174. The third-order valence-electron chi connectivity index (χ3n) is 3.99. The Morgan fingerprint density at radius 3 is 2.40 bits per heavy atom. The van der Waals surface area contributed by atoms with Gasteiger partial charge < -0.3 is 15.4 Å². The predicted octanol–water partition coefficient (Wildman–Crippen LogP) is 1.25. The lowest BCUT2D eigenvalue weighted by Crippen LogP contribution is -2.46. The normalized spacial score (nSPS) is 24.7. The Morgan fingerprint density at radius 2 is 1.85 bits per heavy atom. The van der Waals surface area contributed by atoms with Crippen molar-refractivity contribution in [1.29, 1.82) is 0 Å². The van der Waals surface area contributed by atoms with Crippen LogP contribution in [0.1, 0.15) is 24.0 Å². The predicted molar refractivity (Wildman–Crippen MR) is 80.5 cm³/mol. The van der Waals surface area contributed by atoms with Crippen molar-refractivity contribution in [2.24, 2.45) is 5.73 Å². The molecule has 0 radical (unpaired) electrons. The van der Waals surface area contributed by atoms with E-state index >= 15 is 0 Å². The number of hydrogen-bond donors (Lipinski definition) is 1. The number of ether oxygens (including phenoxy) is 1. The van der Waals surface area contributed by atoms with Gasteiger partial charge in [0.1, 0.15) is 4.99 Å². The molecule has 0 aliphatic carbocycles. The van der Waals surface area contributed by atoms with Crippen molar-refractivity contribution in [3.63, 3.8) is 0 Å². The number of nitrogens with zero attached hydrogens (tertiary/aromatic N) is 1. The van der Waals surface area contributed by atoms with Gasteiger partial charge in [0.2, 0.25) is 5.91 Å². The quantitative estimate of drug-likeness (QED) is 0.851. The lowest BCUT2D eigenvalue weighted by molar-refractivity contribution is -0.139. The number of likely N-dealkylation sites (tertiary alicyclic amines) is 1. The Balaban J connectivity index is 1.62. The number of nitrogens with two attached hydrogens (primary N) is 1. The highest BCUT2D eigenvalue weighted by Gasteiger charge is 2.35. The zero-order valence-corrected chi connectivity index (χ0v) is 12.1. The molecule has 2 aliphatic rings. The number of benzene rings is 1. The molecular weight excluding hydrogens is 272 g/mol. The first-order valence-electron chi connectivity index (χ1n) is 6.94. The Hall–Kier alpha value is -1.46. The van der Waals surface area contributed by atoms with Gasteiger partial charge in [-0.2, -0.15) is 0 Å². The van der Waals surface area contributed by atoms with Crippen LogP contribution in [0.3, 0.4) is 0 Å². The van der Waals surface area contributed by atoms with Crippen molar-refractivity contribution in [2.75, 3.05) is 13.1 Å². The maximum atomic E-state index is 12.3. The molecule has 2 heterocycles. The molecule has 2 atom stereocenters. The van der Waals surface area contributed by atoms with E-state index in [4.69, 9.17) is 22.7 Å². The van der Waals surface area contributed by atoms with Crippen LogP contribution in [0.5, 0.6) is 0 Å². The summed E-state index contributed by atoms with van der Waals surface area (Å²) in [6.45, 7) is 1.47. The molecular formula is C15H18N2O2S. The van der Waals surface area contributed by atoms with E-state index in [-0.39, 0.29) is 18.1 Å². The van der Waals surface area contributed by atoms with Gasteiger partial charge in [0.05, 0.1) is 18.6 Å². The fourth-order valence-electron chi connectivity index (χ4n) is 2.89. The second-order valence-electron chi connectivity index (χ2n) is 5.49. The summed E-state index contributed by atoms with van der Waals surface area (Å²) in [5.41, 5.74) is 7.39. The molecule has 0 spiro atoms. The number of carbonyl (C=O) groups is 1. The van der Waals surface area contributed by atoms with Crippen LogP contribution in [0.25, 0.3) is 0 Å². The maximum absolute atomic E-state index is 12.3. The highest BCUT2D eigenvalue weighted by atomic mass is 32.1. The second-order valence-corrected chi connectivity index (χ2v) is 5.93. The molecule has 1 aromatic rings. The van der Waals surface area contributed by atoms with E-state index in [2.05, 4.69) is 0 Å². The number of rotatable bonds is 3. The Kier molecular flexibility index (Phi) is 3.72. The van der Waals surface area contributed by atoms with Crippen LogP contribution in [0.15, 0.2) is 24.3 Å². The molecule has 2 aliphatic heterocycles. The van der Waals surface area contributed by atoms with Gasteiger partial charge in [0, 0.05) is 18.7 Å². The van der Waals surface area contributed by atoms with Crippen LogP contribution in [-0.2, 0) is 16.0 Å². The summed E-state index contributed by atoms with van der Waals surface area (Å²) in [5, 5.41) is 0. The molecule has 2 bridgehead atoms. The number of thiocarbonyl (C=S) groups is 1. The molecule has 4 nitrogen and oxygen atoms in total. The Labute approximate surface area is 123 Å². The van der Waals surface area contributed by atoms with Crippen molar-refractivity contribution >= 4 is 23.1 Å². The lowest BCUT2D eigenvalue weighted by Gasteiger charge is -2.32. The van der Waals surface area contributed by atoms with E-state index in [0.29, 0.717) is 11.4 Å². The van der Waals surface area contributed by atoms with Gasteiger partial charge >= 0.3 is 0 Å². The van der Waals surface area contributed by atoms with E-state index in [1.54, 1.807) is 0 Å². The van der Waals surface area contributed by atoms with Crippen LogP contribution < -0.4 is 5.73 Å². The Bertz CT molecular complexity index is 517. The molecule has 0 aromatic heterocycles. The number of amides is 1. The van der Waals surface area contributed by atoms with Gasteiger partial charge in [-0.05, 0) is 18.4 Å². The summed E-state index contributed by atoms with van der Waals surface area (Å²) in [4.78, 5) is 14.6. The molecule has 0 saturated carbocycles. The Morgan fingerprint density at radius 1 is 1.25 bits per heavy atom. The summed E-state index contributed by atoms with van der Waals surface area (Å²) in [6, 6.07) is 7.57. The zero-order chi connectivity index (χ0) is 14.1. The lowest BCUT2D eigenvalue weighted by atomic mass is 10.1. The third kappa shape index (κ3) is 2.83. The SMILES string of the molecule is NC(=S)c1ccc(CC(=O)N2CC3CCC(C2)O3)cc1. The summed E-state index contributed by atoms with van der Waals surface area (Å²) in [6.07, 6.45) is 3.08. The molecule has 2 unspecified atom stereocenters. The first kappa shape index (κ1) is 13.5. The average Bonchev–Trinajstić information content (AvgIpc) is 2.78. The number of morpholine rings is 1. The van der Waals surface area contributed by atoms with E-state index < -0.39 is 0 Å². The van der Waals surface area contributed by atoms with Crippen molar-refractivity contribution in [2.45, 2.75) is 31.5 Å². The van der Waals surface area contributed by atoms with Crippen molar-refractivity contribution in [3.8, 4) is 0 Å². The minimum atomic E-state index is 0.174. The molecule has 20 heavy (non-hydrogen) atoms. The number of hydrogen-bond acceptors (Lipinski definition) is 3. The highest BCUT2D eigenvalue weighted by molar-refractivity contribution is 7.80. The van der Waals surface area contributed by atoms with Crippen LogP contribution >= 0.6 is 12.2 Å². The minimum absolute atomic E-state index is 0.174. The summed E-state index contributed by atoms with van der Waals surface area (Å²) < 4.78 is 5.75. The van der Waals surface area contributed by atoms with Crippen LogP contribution in [0.2, 0.25) is 0 Å². The van der Waals surface area contributed by atoms with E-state index in [0.717, 1.165) is 37.1 Å². The fourth-order valence-corrected chi connectivity index (χ4v) is 3.03. The van der Waals surface area contributed by atoms with E-state index in [9.17, 15) is 4.79 Å². The summed E-state index contributed by atoms with van der Waals surface area (Å²) >= 11 is 4.92. The van der Waals surface area contributed by atoms with Gasteiger partial charge in [-0.25, -0.2) is 0 Å². The zero-order valence-electron chi connectivity index (χ0n) is 11.2. The molecule has 5 heteroatoms. The molecule has 1 amide bonds. The molecule has 2 saturated heterocycles. The first-order chi connectivity index (χ1) is 9.61. The number of fused-ring (bicyclic) bond motifs is 2. The highest BCUT2D eigenvalue weighted by Crippen LogP contribution is 2.26. The molecule has 3 rings (SSSR count). The third-order valence-corrected chi connectivity index (χ3v) is 4.23. The van der Waals surface area contributed by atoms with Crippen molar-refractivity contribution < 1.29 is 9.53 Å². The number of carbonyl (C=O) groups excluding carboxylic acids is 1. The molecule has 2 fully saturated rings. The topological polar surface area (TPSA) is 55.6 Å². The van der Waals surface area contributed by atoms with Gasteiger partial charge in [-0.3, -0.25) is 4.79 Å². The molecule has 2 N–H and O–H groups in total. The smallest absolute Gasteiger partial charge is 0.227 e. The largest absolute Gasteiger partial charge is 0.389 e. The van der Waals surface area contributed by atoms with Crippen LogP contribution in [-0.4, -0.2) is 41.1 Å².